The zero-order valence-corrected chi connectivity index (χ0v) is 12.2. The van der Waals surface area contributed by atoms with Gasteiger partial charge in [0.05, 0.1) is 7.11 Å². The first-order valence-corrected chi connectivity index (χ1v) is 6.28. The van der Waals surface area contributed by atoms with Crippen molar-refractivity contribution in [2.24, 2.45) is 5.73 Å². The van der Waals surface area contributed by atoms with Crippen LogP contribution in [0.3, 0.4) is 0 Å². The third-order valence-electron chi connectivity index (χ3n) is 3.26. The monoisotopic (exact) mass is 285 g/mol. The number of rotatable bonds is 3. The lowest BCUT2D eigenvalue weighted by atomic mass is 9.91. The Kier molecular flexibility index (Phi) is 4.39. The quantitative estimate of drug-likeness (QED) is 0.923. The maximum atomic E-state index is 5.76. The fraction of sp³-hybridized carbons (Fsp3) is 0.538. The topological polar surface area (TPSA) is 35.2 Å². The van der Waals surface area contributed by atoms with Crippen molar-refractivity contribution in [2.75, 3.05) is 13.7 Å². The Morgan fingerprint density at radius 1 is 1.19 bits per heavy atom. The highest BCUT2D eigenvalue weighted by Gasteiger charge is 2.20. The van der Waals surface area contributed by atoms with Crippen molar-refractivity contribution in [3.63, 3.8) is 0 Å². The van der Waals surface area contributed by atoms with Gasteiger partial charge in [0.15, 0.2) is 0 Å². The van der Waals surface area contributed by atoms with Crippen LogP contribution in [0.1, 0.15) is 35.1 Å². The molecule has 0 amide bonds. The Labute approximate surface area is 106 Å². The summed E-state index contributed by atoms with van der Waals surface area (Å²) in [6, 6.07) is 0. The number of halogens is 1. The molecular weight excluding hydrogens is 266 g/mol. The minimum atomic E-state index is 0.311. The van der Waals surface area contributed by atoms with Crippen LogP contribution in [0, 0.1) is 20.8 Å². The molecule has 0 heterocycles. The van der Waals surface area contributed by atoms with Crippen LogP contribution in [-0.4, -0.2) is 13.7 Å². The summed E-state index contributed by atoms with van der Waals surface area (Å²) in [4.78, 5) is 0. The van der Waals surface area contributed by atoms with Gasteiger partial charge in [-0.2, -0.15) is 0 Å². The lowest BCUT2D eigenvalue weighted by Crippen LogP contribution is -2.13. The number of hydrogen-bond acceptors (Lipinski definition) is 2. The molecule has 0 spiro atoms. The highest BCUT2D eigenvalue weighted by molar-refractivity contribution is 9.10. The molecule has 0 aliphatic heterocycles. The minimum Gasteiger partial charge on any atom is -0.496 e. The molecule has 2 N–H and O–H groups in total. The number of ether oxygens (including phenoxy) is 1. The normalized spacial score (nSPS) is 12.7. The third-order valence-corrected chi connectivity index (χ3v) is 4.45. The summed E-state index contributed by atoms with van der Waals surface area (Å²) in [5.74, 6) is 1.29. The molecule has 3 heteroatoms. The average molecular weight is 286 g/mol. The number of nitrogens with two attached hydrogens (primary N) is 1. The summed E-state index contributed by atoms with van der Waals surface area (Å²) >= 11 is 3.65. The Bertz CT molecular complexity index is 402. The van der Waals surface area contributed by atoms with Crippen molar-refractivity contribution in [3.8, 4) is 5.75 Å². The van der Waals surface area contributed by atoms with Gasteiger partial charge in [-0.25, -0.2) is 0 Å². The van der Waals surface area contributed by atoms with Crippen LogP contribution in [0.25, 0.3) is 0 Å². The van der Waals surface area contributed by atoms with Gasteiger partial charge in [-0.1, -0.05) is 22.9 Å². The van der Waals surface area contributed by atoms with Crippen LogP contribution >= 0.6 is 15.9 Å². The van der Waals surface area contributed by atoms with E-state index in [0.29, 0.717) is 12.5 Å². The second-order valence-electron chi connectivity index (χ2n) is 4.27. The summed E-state index contributed by atoms with van der Waals surface area (Å²) in [7, 11) is 1.72. The molecular formula is C13H20BrNO. The number of benzene rings is 1. The molecule has 16 heavy (non-hydrogen) atoms. The lowest BCUT2D eigenvalue weighted by Gasteiger charge is -2.22. The van der Waals surface area contributed by atoms with Crippen molar-refractivity contribution in [1.29, 1.82) is 0 Å². The summed E-state index contributed by atoms with van der Waals surface area (Å²) in [5.41, 5.74) is 10.6. The van der Waals surface area contributed by atoms with Crippen LogP contribution in [0.2, 0.25) is 0 Å². The fourth-order valence-electron chi connectivity index (χ4n) is 2.08. The molecule has 0 saturated carbocycles. The predicted octanol–water partition coefficient (Wildman–Crippen LogP) is 3.45. The van der Waals surface area contributed by atoms with Gasteiger partial charge >= 0.3 is 0 Å². The SMILES string of the molecule is COc1c(C)c(C)c(Br)c(C)c1C(C)CN. The van der Waals surface area contributed by atoms with Gasteiger partial charge in [0, 0.05) is 10.0 Å². The highest BCUT2D eigenvalue weighted by Crippen LogP contribution is 2.39. The van der Waals surface area contributed by atoms with Crippen molar-refractivity contribution in [1.82, 2.24) is 0 Å². The van der Waals surface area contributed by atoms with Crippen molar-refractivity contribution in [3.05, 3.63) is 26.7 Å². The maximum absolute atomic E-state index is 5.76. The van der Waals surface area contributed by atoms with Gasteiger partial charge in [-0.05, 0) is 49.9 Å². The van der Waals surface area contributed by atoms with E-state index in [-0.39, 0.29) is 0 Å². The van der Waals surface area contributed by atoms with Crippen LogP contribution in [0.15, 0.2) is 4.47 Å². The third kappa shape index (κ3) is 2.11. The average Bonchev–Trinajstić information content (AvgIpc) is 2.29. The van der Waals surface area contributed by atoms with Crippen LogP contribution < -0.4 is 10.5 Å². The van der Waals surface area contributed by atoms with E-state index in [9.17, 15) is 0 Å². The van der Waals surface area contributed by atoms with Crippen LogP contribution in [0.4, 0.5) is 0 Å². The Morgan fingerprint density at radius 2 is 1.75 bits per heavy atom. The van der Waals surface area contributed by atoms with E-state index in [1.54, 1.807) is 7.11 Å². The molecule has 0 aromatic heterocycles. The molecule has 0 bridgehead atoms. The largest absolute Gasteiger partial charge is 0.496 e. The summed E-state index contributed by atoms with van der Waals surface area (Å²) in [6.45, 7) is 9.07. The molecule has 0 aliphatic carbocycles. The zero-order valence-electron chi connectivity index (χ0n) is 10.6. The molecule has 1 atom stereocenters. The van der Waals surface area contributed by atoms with E-state index in [0.717, 1.165) is 5.75 Å². The smallest absolute Gasteiger partial charge is 0.125 e. The molecule has 1 unspecified atom stereocenters. The first-order chi connectivity index (χ1) is 7.45. The van der Waals surface area contributed by atoms with E-state index in [1.165, 1.54) is 26.7 Å². The Morgan fingerprint density at radius 3 is 2.19 bits per heavy atom. The van der Waals surface area contributed by atoms with E-state index in [2.05, 4.69) is 43.6 Å². The van der Waals surface area contributed by atoms with Crippen molar-refractivity contribution < 1.29 is 4.74 Å². The van der Waals surface area contributed by atoms with E-state index in [1.807, 2.05) is 0 Å². The Hall–Kier alpha value is -0.540. The van der Waals surface area contributed by atoms with Crippen molar-refractivity contribution >= 4 is 15.9 Å². The molecule has 1 aromatic carbocycles. The molecule has 2 nitrogen and oxygen atoms in total. The lowest BCUT2D eigenvalue weighted by molar-refractivity contribution is 0.402. The van der Waals surface area contributed by atoms with Crippen LogP contribution in [0.5, 0.6) is 5.75 Å². The molecule has 0 saturated heterocycles. The summed E-state index contributed by atoms with van der Waals surface area (Å²) in [6.07, 6.45) is 0. The van der Waals surface area contributed by atoms with Crippen molar-refractivity contribution in [2.45, 2.75) is 33.6 Å². The molecule has 90 valence electrons. The molecule has 0 radical (unpaired) electrons. The van der Waals surface area contributed by atoms with Gasteiger partial charge in [0.25, 0.3) is 0 Å². The Balaban J connectivity index is 3.57. The molecule has 1 rings (SSSR count). The van der Waals surface area contributed by atoms with Gasteiger partial charge in [0.2, 0.25) is 0 Å². The zero-order chi connectivity index (χ0) is 12.5. The molecule has 1 aromatic rings. The number of hydrogen-bond donors (Lipinski definition) is 1. The summed E-state index contributed by atoms with van der Waals surface area (Å²) < 4.78 is 6.71. The standard InChI is InChI=1S/C13H20BrNO/c1-7(6-15)11-10(4)12(14)8(2)9(3)13(11)16-5/h7H,6,15H2,1-5H3. The first-order valence-electron chi connectivity index (χ1n) is 5.48. The van der Waals surface area contributed by atoms with Crippen LogP contribution in [-0.2, 0) is 0 Å². The molecule has 0 aliphatic rings. The van der Waals surface area contributed by atoms with Gasteiger partial charge in [0.1, 0.15) is 5.75 Å². The maximum Gasteiger partial charge on any atom is 0.125 e. The predicted molar refractivity (Wildman–Crippen MR) is 72.4 cm³/mol. The van der Waals surface area contributed by atoms with Gasteiger partial charge in [-0.3, -0.25) is 0 Å². The number of methoxy groups -OCH3 is 1. The van der Waals surface area contributed by atoms with E-state index in [4.69, 9.17) is 10.5 Å². The van der Waals surface area contributed by atoms with Gasteiger partial charge < -0.3 is 10.5 Å². The summed E-state index contributed by atoms with van der Waals surface area (Å²) in [5, 5.41) is 0. The first kappa shape index (κ1) is 13.5. The van der Waals surface area contributed by atoms with Gasteiger partial charge in [-0.15, -0.1) is 0 Å². The van der Waals surface area contributed by atoms with E-state index < -0.39 is 0 Å². The second kappa shape index (κ2) is 5.19. The second-order valence-corrected chi connectivity index (χ2v) is 5.07. The van der Waals surface area contributed by atoms with E-state index >= 15 is 0 Å². The molecule has 0 fully saturated rings. The minimum absolute atomic E-state index is 0.311. The highest BCUT2D eigenvalue weighted by atomic mass is 79.9. The fourth-order valence-corrected chi connectivity index (χ4v) is 2.59.